The van der Waals surface area contributed by atoms with Crippen molar-refractivity contribution < 1.29 is 9.63 Å². The molecule has 0 radical (unpaired) electrons. The molecule has 3 nitrogen and oxygen atoms in total. The molecule has 0 saturated heterocycles. The Hall–Kier alpha value is -3.20. The molecule has 0 aromatic heterocycles. The Bertz CT molecular complexity index is 880. The molecule has 0 atom stereocenters. The zero-order valence-corrected chi connectivity index (χ0v) is 14.3. The maximum Gasteiger partial charge on any atom is 0.365 e. The third-order valence-electron chi connectivity index (χ3n) is 3.96. The maximum atomic E-state index is 12.2. The van der Waals surface area contributed by atoms with E-state index in [1.165, 1.54) is 5.56 Å². The van der Waals surface area contributed by atoms with Crippen LogP contribution in [-0.2, 0) is 4.84 Å². The average Bonchev–Trinajstić information content (AvgIpc) is 2.67. The van der Waals surface area contributed by atoms with E-state index in [2.05, 4.69) is 5.16 Å². The van der Waals surface area contributed by atoms with Crippen molar-refractivity contribution in [2.45, 2.75) is 13.8 Å². The van der Waals surface area contributed by atoms with E-state index in [4.69, 9.17) is 4.84 Å². The van der Waals surface area contributed by atoms with Gasteiger partial charge in [-0.15, -0.1) is 0 Å². The molecule has 0 aliphatic heterocycles. The standard InChI is InChI=1S/C22H19NO2/c1-16-8-10-18(11-9-16)17(2)23-25-22(24)21-14-12-20(13-15-21)19-6-4-3-5-7-19/h3-15H,1-2H3/b23-17+. The van der Waals surface area contributed by atoms with Crippen LogP contribution in [0.3, 0.4) is 0 Å². The van der Waals surface area contributed by atoms with E-state index in [-0.39, 0.29) is 0 Å². The Labute approximate surface area is 147 Å². The van der Waals surface area contributed by atoms with Crippen molar-refractivity contribution in [2.75, 3.05) is 0 Å². The van der Waals surface area contributed by atoms with Crippen LogP contribution >= 0.6 is 0 Å². The monoisotopic (exact) mass is 329 g/mol. The number of aryl methyl sites for hydroxylation is 1. The molecular weight excluding hydrogens is 310 g/mol. The Kier molecular flexibility index (Phi) is 5.05. The van der Waals surface area contributed by atoms with Crippen molar-refractivity contribution in [3.8, 4) is 11.1 Å². The summed E-state index contributed by atoms with van der Waals surface area (Å²) in [7, 11) is 0. The van der Waals surface area contributed by atoms with Gasteiger partial charge in [0.25, 0.3) is 0 Å². The molecule has 3 heteroatoms. The van der Waals surface area contributed by atoms with Crippen LogP contribution in [0.4, 0.5) is 0 Å². The SMILES string of the molecule is C/C(=N\OC(=O)c1ccc(-c2ccccc2)cc1)c1ccc(C)cc1. The van der Waals surface area contributed by atoms with Gasteiger partial charge in [0, 0.05) is 0 Å². The molecule has 0 heterocycles. The molecular formula is C22H19NO2. The minimum atomic E-state index is -0.467. The number of carbonyl (C=O) groups is 1. The first kappa shape index (κ1) is 16.7. The van der Waals surface area contributed by atoms with Gasteiger partial charge in [0.05, 0.1) is 11.3 Å². The number of rotatable bonds is 4. The van der Waals surface area contributed by atoms with Crippen molar-refractivity contribution in [1.29, 1.82) is 0 Å². The second-order valence-corrected chi connectivity index (χ2v) is 5.86. The number of hydrogen-bond acceptors (Lipinski definition) is 3. The largest absolute Gasteiger partial charge is 0.365 e. The quantitative estimate of drug-likeness (QED) is 0.373. The lowest BCUT2D eigenvalue weighted by atomic mass is 10.0. The van der Waals surface area contributed by atoms with Gasteiger partial charge < -0.3 is 4.84 Å². The number of carbonyl (C=O) groups excluding carboxylic acids is 1. The van der Waals surface area contributed by atoms with E-state index in [0.717, 1.165) is 16.7 Å². The Morgan fingerprint density at radius 1 is 0.760 bits per heavy atom. The van der Waals surface area contributed by atoms with Gasteiger partial charge in [-0.25, -0.2) is 4.79 Å². The molecule has 0 amide bonds. The predicted octanol–water partition coefficient (Wildman–Crippen LogP) is 5.24. The highest BCUT2D eigenvalue weighted by molar-refractivity contribution is 5.99. The summed E-state index contributed by atoms with van der Waals surface area (Å²) in [6.45, 7) is 3.84. The fourth-order valence-corrected chi connectivity index (χ4v) is 2.44. The minimum Gasteiger partial charge on any atom is -0.313 e. The maximum absolute atomic E-state index is 12.2. The van der Waals surface area contributed by atoms with Crippen molar-refractivity contribution in [1.82, 2.24) is 0 Å². The number of hydrogen-bond donors (Lipinski definition) is 0. The second-order valence-electron chi connectivity index (χ2n) is 5.86. The van der Waals surface area contributed by atoms with Crippen molar-refractivity contribution in [2.24, 2.45) is 5.16 Å². The smallest absolute Gasteiger partial charge is 0.313 e. The highest BCUT2D eigenvalue weighted by Gasteiger charge is 2.08. The normalized spacial score (nSPS) is 11.2. The van der Waals surface area contributed by atoms with Gasteiger partial charge in [-0.3, -0.25) is 0 Å². The van der Waals surface area contributed by atoms with Gasteiger partial charge in [0.15, 0.2) is 0 Å². The molecule has 3 aromatic carbocycles. The van der Waals surface area contributed by atoms with Crippen LogP contribution in [0.5, 0.6) is 0 Å². The van der Waals surface area contributed by atoms with E-state index >= 15 is 0 Å². The molecule has 0 unspecified atom stereocenters. The fourth-order valence-electron chi connectivity index (χ4n) is 2.44. The molecule has 0 bridgehead atoms. The van der Waals surface area contributed by atoms with Crippen LogP contribution in [0.1, 0.15) is 28.4 Å². The van der Waals surface area contributed by atoms with Crippen LogP contribution in [0, 0.1) is 6.92 Å². The molecule has 25 heavy (non-hydrogen) atoms. The summed E-state index contributed by atoms with van der Waals surface area (Å²) in [4.78, 5) is 17.2. The molecule has 0 N–H and O–H groups in total. The van der Waals surface area contributed by atoms with Crippen LogP contribution in [0.2, 0.25) is 0 Å². The van der Waals surface area contributed by atoms with Crippen LogP contribution in [0.15, 0.2) is 84.0 Å². The molecule has 3 rings (SSSR count). The Morgan fingerprint density at radius 3 is 1.96 bits per heavy atom. The molecule has 0 spiro atoms. The molecule has 0 aliphatic rings. The first-order valence-corrected chi connectivity index (χ1v) is 8.12. The Balaban J connectivity index is 1.69. The lowest BCUT2D eigenvalue weighted by molar-refractivity contribution is 0.0516. The van der Waals surface area contributed by atoms with Crippen LogP contribution in [0.25, 0.3) is 11.1 Å². The molecule has 3 aromatic rings. The highest BCUT2D eigenvalue weighted by atomic mass is 16.7. The van der Waals surface area contributed by atoms with Crippen LogP contribution in [-0.4, -0.2) is 11.7 Å². The van der Waals surface area contributed by atoms with Gasteiger partial charge in [-0.1, -0.05) is 77.4 Å². The molecule has 124 valence electrons. The third kappa shape index (κ3) is 4.21. The first-order chi connectivity index (χ1) is 12.1. The number of oxime groups is 1. The summed E-state index contributed by atoms with van der Waals surface area (Å²) < 4.78 is 0. The number of benzene rings is 3. The summed E-state index contributed by atoms with van der Waals surface area (Å²) in [5.41, 5.74) is 5.39. The van der Waals surface area contributed by atoms with Crippen molar-refractivity contribution in [3.05, 3.63) is 95.6 Å². The predicted molar refractivity (Wildman–Crippen MR) is 101 cm³/mol. The van der Waals surface area contributed by atoms with Gasteiger partial charge >= 0.3 is 5.97 Å². The third-order valence-corrected chi connectivity index (χ3v) is 3.96. The van der Waals surface area contributed by atoms with E-state index in [1.54, 1.807) is 12.1 Å². The summed E-state index contributed by atoms with van der Waals surface area (Å²) in [6.07, 6.45) is 0. The minimum absolute atomic E-state index is 0.467. The van der Waals surface area contributed by atoms with Gasteiger partial charge in [-0.05, 0) is 42.7 Å². The average molecular weight is 329 g/mol. The Morgan fingerprint density at radius 2 is 1.32 bits per heavy atom. The van der Waals surface area contributed by atoms with Crippen LogP contribution < -0.4 is 0 Å². The zero-order valence-electron chi connectivity index (χ0n) is 14.3. The summed E-state index contributed by atoms with van der Waals surface area (Å²) in [5, 5.41) is 3.95. The fraction of sp³-hybridized carbons (Fsp3) is 0.0909. The summed E-state index contributed by atoms with van der Waals surface area (Å²) >= 11 is 0. The van der Waals surface area contributed by atoms with Gasteiger partial charge in [0.1, 0.15) is 0 Å². The summed E-state index contributed by atoms with van der Waals surface area (Å²) in [5.74, 6) is -0.467. The van der Waals surface area contributed by atoms with E-state index < -0.39 is 5.97 Å². The van der Waals surface area contributed by atoms with Crippen molar-refractivity contribution >= 4 is 11.7 Å². The molecule has 0 aliphatic carbocycles. The molecule has 0 fully saturated rings. The van der Waals surface area contributed by atoms with E-state index in [1.807, 2.05) is 80.6 Å². The summed E-state index contributed by atoms with van der Waals surface area (Å²) in [6, 6.07) is 25.2. The first-order valence-electron chi connectivity index (χ1n) is 8.12. The van der Waals surface area contributed by atoms with Gasteiger partial charge in [0.2, 0.25) is 0 Å². The second kappa shape index (κ2) is 7.58. The highest BCUT2D eigenvalue weighted by Crippen LogP contribution is 2.19. The van der Waals surface area contributed by atoms with E-state index in [0.29, 0.717) is 11.3 Å². The van der Waals surface area contributed by atoms with E-state index in [9.17, 15) is 4.79 Å². The topological polar surface area (TPSA) is 38.7 Å². The zero-order chi connectivity index (χ0) is 17.6. The lowest BCUT2D eigenvalue weighted by Gasteiger charge is -2.04. The molecule has 0 saturated carbocycles. The van der Waals surface area contributed by atoms with Crippen molar-refractivity contribution in [3.63, 3.8) is 0 Å². The van der Waals surface area contributed by atoms with Gasteiger partial charge in [-0.2, -0.15) is 0 Å². The lowest BCUT2D eigenvalue weighted by Crippen LogP contribution is -2.04. The number of nitrogens with zero attached hydrogens (tertiary/aromatic N) is 1.